The van der Waals surface area contributed by atoms with Crippen LogP contribution in [0.15, 0.2) is 103 Å². The molecule has 180 valence electrons. The van der Waals surface area contributed by atoms with Gasteiger partial charge in [-0.3, -0.25) is 9.59 Å². The summed E-state index contributed by atoms with van der Waals surface area (Å²) in [4.78, 5) is 39.8. The minimum absolute atomic E-state index is 0.0771. The highest BCUT2D eigenvalue weighted by molar-refractivity contribution is 6.14. The number of aryl methyl sites for hydroxylation is 1. The van der Waals surface area contributed by atoms with Gasteiger partial charge in [0.25, 0.3) is 5.91 Å². The van der Waals surface area contributed by atoms with E-state index < -0.39 is 18.0 Å². The Morgan fingerprint density at radius 3 is 2.03 bits per heavy atom. The van der Waals surface area contributed by atoms with Gasteiger partial charge in [0.05, 0.1) is 18.4 Å². The summed E-state index contributed by atoms with van der Waals surface area (Å²) in [5, 5.41) is 2.81. The maximum atomic E-state index is 13.4. The number of nitrogens with one attached hydrogen (secondary N) is 1. The van der Waals surface area contributed by atoms with Gasteiger partial charge in [0, 0.05) is 16.7 Å². The van der Waals surface area contributed by atoms with Crippen molar-refractivity contribution < 1.29 is 23.9 Å². The maximum Gasteiger partial charge on any atom is 0.340 e. The molecule has 6 nitrogen and oxygen atoms in total. The molecule has 0 radical (unpaired) electrons. The molecule has 0 saturated carbocycles. The molecule has 4 aromatic rings. The van der Waals surface area contributed by atoms with Crippen LogP contribution < -0.4 is 10.1 Å². The number of carbonyl (C=O) groups is 3. The predicted molar refractivity (Wildman–Crippen MR) is 137 cm³/mol. The van der Waals surface area contributed by atoms with Crippen LogP contribution in [0.2, 0.25) is 0 Å². The average Bonchev–Trinajstić information content (AvgIpc) is 2.92. The third-order valence-corrected chi connectivity index (χ3v) is 5.61. The molecule has 0 spiro atoms. The minimum atomic E-state index is -1.26. The zero-order chi connectivity index (χ0) is 25.5. The molecule has 0 bridgehead atoms. The van der Waals surface area contributed by atoms with Crippen LogP contribution in [0.5, 0.6) is 5.75 Å². The summed E-state index contributed by atoms with van der Waals surface area (Å²) >= 11 is 0. The van der Waals surface area contributed by atoms with Crippen LogP contribution in [0, 0.1) is 6.92 Å². The number of rotatable bonds is 8. The van der Waals surface area contributed by atoms with Gasteiger partial charge in [-0.1, -0.05) is 84.9 Å². The molecule has 1 unspecified atom stereocenters. The van der Waals surface area contributed by atoms with Gasteiger partial charge < -0.3 is 14.8 Å². The van der Waals surface area contributed by atoms with Crippen molar-refractivity contribution >= 4 is 23.3 Å². The van der Waals surface area contributed by atoms with Crippen LogP contribution >= 0.6 is 0 Å². The lowest BCUT2D eigenvalue weighted by molar-refractivity contribution is -0.125. The Morgan fingerprint density at radius 1 is 0.750 bits per heavy atom. The van der Waals surface area contributed by atoms with E-state index in [1.54, 1.807) is 84.9 Å². The highest BCUT2D eigenvalue weighted by Crippen LogP contribution is 2.28. The summed E-state index contributed by atoms with van der Waals surface area (Å²) in [6, 6.07) is 29.2. The summed E-state index contributed by atoms with van der Waals surface area (Å²) in [5.41, 5.74) is 2.59. The number of hydrogen-bond donors (Lipinski definition) is 1. The average molecular weight is 480 g/mol. The Labute approximate surface area is 209 Å². The predicted octanol–water partition coefficient (Wildman–Crippen LogP) is 5.77. The monoisotopic (exact) mass is 479 g/mol. The molecule has 4 aromatic carbocycles. The first-order chi connectivity index (χ1) is 17.5. The standard InChI is InChI=1S/C30H25NO5/c1-20-17-18-26(35-2)25(19-20)31-29(33)28(22-13-7-4-8-14-22)36-30(34)24-16-10-9-15-23(24)27(32)21-11-5-3-6-12-21/h3-19,28H,1-2H3,(H,31,33). The fourth-order valence-electron chi connectivity index (χ4n) is 3.79. The molecule has 0 aliphatic heterocycles. The summed E-state index contributed by atoms with van der Waals surface area (Å²) in [6.45, 7) is 1.89. The van der Waals surface area contributed by atoms with Gasteiger partial charge in [-0.15, -0.1) is 0 Å². The van der Waals surface area contributed by atoms with Crippen molar-refractivity contribution in [2.45, 2.75) is 13.0 Å². The van der Waals surface area contributed by atoms with Crippen molar-refractivity contribution in [3.05, 3.63) is 131 Å². The first kappa shape index (κ1) is 24.4. The first-order valence-corrected chi connectivity index (χ1v) is 11.4. The van der Waals surface area contributed by atoms with Crippen LogP contribution in [0.4, 0.5) is 5.69 Å². The van der Waals surface area contributed by atoms with Crippen molar-refractivity contribution in [3.8, 4) is 5.75 Å². The fourth-order valence-corrected chi connectivity index (χ4v) is 3.79. The molecule has 0 heterocycles. The van der Waals surface area contributed by atoms with Gasteiger partial charge in [-0.05, 0) is 30.7 Å². The van der Waals surface area contributed by atoms with Crippen LogP contribution in [0.1, 0.15) is 43.5 Å². The van der Waals surface area contributed by atoms with E-state index in [4.69, 9.17) is 9.47 Å². The smallest absolute Gasteiger partial charge is 0.340 e. The van der Waals surface area contributed by atoms with Crippen molar-refractivity contribution in [1.82, 2.24) is 0 Å². The largest absolute Gasteiger partial charge is 0.495 e. The second-order valence-corrected chi connectivity index (χ2v) is 8.13. The Balaban J connectivity index is 1.65. The molecular weight excluding hydrogens is 454 g/mol. The van der Waals surface area contributed by atoms with E-state index in [2.05, 4.69) is 5.32 Å². The topological polar surface area (TPSA) is 81.7 Å². The quantitative estimate of drug-likeness (QED) is 0.256. The Bertz CT molecular complexity index is 1380. The fraction of sp³-hybridized carbons (Fsp3) is 0.100. The van der Waals surface area contributed by atoms with Crippen LogP contribution in [-0.2, 0) is 9.53 Å². The van der Waals surface area contributed by atoms with E-state index in [1.165, 1.54) is 13.2 Å². The number of benzene rings is 4. The molecule has 0 aromatic heterocycles. The first-order valence-electron chi connectivity index (χ1n) is 11.4. The third kappa shape index (κ3) is 5.50. The maximum absolute atomic E-state index is 13.4. The number of amides is 1. The highest BCUT2D eigenvalue weighted by Gasteiger charge is 2.28. The molecule has 0 fully saturated rings. The minimum Gasteiger partial charge on any atom is -0.495 e. The third-order valence-electron chi connectivity index (χ3n) is 5.61. The van der Waals surface area contributed by atoms with Crippen LogP contribution in [-0.4, -0.2) is 24.8 Å². The molecule has 0 saturated heterocycles. The van der Waals surface area contributed by atoms with E-state index in [-0.39, 0.29) is 16.9 Å². The van der Waals surface area contributed by atoms with Crippen LogP contribution in [0.3, 0.4) is 0 Å². The SMILES string of the molecule is COc1ccc(C)cc1NC(=O)C(OC(=O)c1ccccc1C(=O)c1ccccc1)c1ccccc1. The van der Waals surface area contributed by atoms with Gasteiger partial charge in [0.15, 0.2) is 5.78 Å². The summed E-state index contributed by atoms with van der Waals surface area (Å²) in [7, 11) is 1.51. The molecular formula is C30H25NO5. The number of ether oxygens (including phenoxy) is 2. The zero-order valence-electron chi connectivity index (χ0n) is 19.9. The van der Waals surface area contributed by atoms with E-state index in [0.29, 0.717) is 22.6 Å². The summed E-state index contributed by atoms with van der Waals surface area (Å²) < 4.78 is 11.1. The van der Waals surface area contributed by atoms with Crippen LogP contribution in [0.25, 0.3) is 0 Å². The van der Waals surface area contributed by atoms with Crippen molar-refractivity contribution in [2.75, 3.05) is 12.4 Å². The number of anilines is 1. The summed E-state index contributed by atoms with van der Waals surface area (Å²) in [5.74, 6) is -1.17. The highest BCUT2D eigenvalue weighted by atomic mass is 16.5. The van der Waals surface area contributed by atoms with E-state index in [9.17, 15) is 14.4 Å². The molecule has 6 heteroatoms. The molecule has 1 N–H and O–H groups in total. The second kappa shape index (κ2) is 11.1. The molecule has 36 heavy (non-hydrogen) atoms. The molecule has 0 aliphatic rings. The number of esters is 1. The van der Waals surface area contributed by atoms with Crippen molar-refractivity contribution in [3.63, 3.8) is 0 Å². The zero-order valence-corrected chi connectivity index (χ0v) is 19.9. The molecule has 1 amide bonds. The normalized spacial score (nSPS) is 11.3. The van der Waals surface area contributed by atoms with Gasteiger partial charge in [0.2, 0.25) is 6.10 Å². The Kier molecular flexibility index (Phi) is 7.56. The lowest BCUT2D eigenvalue weighted by atomic mass is 9.98. The molecule has 0 aliphatic carbocycles. The van der Waals surface area contributed by atoms with Gasteiger partial charge in [0.1, 0.15) is 5.75 Å². The second-order valence-electron chi connectivity index (χ2n) is 8.13. The van der Waals surface area contributed by atoms with Gasteiger partial charge >= 0.3 is 5.97 Å². The van der Waals surface area contributed by atoms with Gasteiger partial charge in [-0.2, -0.15) is 0 Å². The number of carbonyl (C=O) groups excluding carboxylic acids is 3. The number of ketones is 1. The van der Waals surface area contributed by atoms with Crippen molar-refractivity contribution in [1.29, 1.82) is 0 Å². The molecule has 4 rings (SSSR count). The van der Waals surface area contributed by atoms with Crippen molar-refractivity contribution in [2.24, 2.45) is 0 Å². The van der Waals surface area contributed by atoms with E-state index in [1.807, 2.05) is 19.1 Å². The lowest BCUT2D eigenvalue weighted by Crippen LogP contribution is -2.26. The van der Waals surface area contributed by atoms with Gasteiger partial charge in [-0.25, -0.2) is 4.79 Å². The van der Waals surface area contributed by atoms with E-state index in [0.717, 1.165) is 5.56 Å². The number of methoxy groups -OCH3 is 1. The molecule has 1 atom stereocenters. The lowest BCUT2D eigenvalue weighted by Gasteiger charge is -2.20. The number of hydrogen-bond acceptors (Lipinski definition) is 5. The summed E-state index contributed by atoms with van der Waals surface area (Å²) in [6.07, 6.45) is -1.26. The van der Waals surface area contributed by atoms with E-state index >= 15 is 0 Å². The Morgan fingerprint density at radius 2 is 1.36 bits per heavy atom. The Hall–Kier alpha value is -4.71.